The molecule has 1 N–H and O–H groups in total. The highest BCUT2D eigenvalue weighted by Crippen LogP contribution is 2.32. The van der Waals surface area contributed by atoms with Crippen LogP contribution >= 0.6 is 0 Å². The van der Waals surface area contributed by atoms with E-state index in [4.69, 9.17) is 9.84 Å². The highest BCUT2D eigenvalue weighted by Gasteiger charge is 2.45. The normalized spacial score (nSPS) is 21.8. The van der Waals surface area contributed by atoms with Crippen LogP contribution in [0.1, 0.15) is 24.5 Å². The smallest absolute Gasteiger partial charge is 0.416 e. The Bertz CT molecular complexity index is 602. The van der Waals surface area contributed by atoms with Gasteiger partial charge >= 0.3 is 18.2 Å². The summed E-state index contributed by atoms with van der Waals surface area (Å²) in [5.74, 6) is -1.12. The molecule has 0 saturated carbocycles. The Morgan fingerprint density at radius 1 is 1.45 bits per heavy atom. The molecule has 1 heterocycles. The van der Waals surface area contributed by atoms with Crippen LogP contribution in [0, 0.1) is 0 Å². The van der Waals surface area contributed by atoms with Gasteiger partial charge in [0.15, 0.2) is 0 Å². The maximum absolute atomic E-state index is 12.7. The van der Waals surface area contributed by atoms with E-state index in [9.17, 15) is 22.8 Å². The highest BCUT2D eigenvalue weighted by atomic mass is 19.4. The van der Waals surface area contributed by atoms with E-state index in [0.29, 0.717) is 0 Å². The summed E-state index contributed by atoms with van der Waals surface area (Å²) in [4.78, 5) is 23.8. The zero-order valence-electron chi connectivity index (χ0n) is 11.7. The van der Waals surface area contributed by atoms with Crippen molar-refractivity contribution in [3.63, 3.8) is 0 Å². The molecule has 8 heteroatoms. The number of hydrogen-bond acceptors (Lipinski definition) is 3. The van der Waals surface area contributed by atoms with Crippen LogP contribution < -0.4 is 0 Å². The highest BCUT2D eigenvalue weighted by molar-refractivity contribution is 5.75. The molecule has 0 bridgehead atoms. The van der Waals surface area contributed by atoms with Crippen LogP contribution in [0.4, 0.5) is 18.0 Å². The fourth-order valence-corrected chi connectivity index (χ4v) is 2.35. The van der Waals surface area contributed by atoms with Gasteiger partial charge in [0.05, 0.1) is 17.5 Å². The largest absolute Gasteiger partial charge is 0.481 e. The van der Waals surface area contributed by atoms with Crippen LogP contribution in [0.15, 0.2) is 24.3 Å². The van der Waals surface area contributed by atoms with Crippen LogP contribution in [-0.2, 0) is 22.3 Å². The number of cyclic esters (lactones) is 1. The maximum atomic E-state index is 12.7. The first-order chi connectivity index (χ1) is 10.1. The van der Waals surface area contributed by atoms with Gasteiger partial charge in [0, 0.05) is 6.54 Å². The molecule has 0 aliphatic carbocycles. The fourth-order valence-electron chi connectivity index (χ4n) is 2.35. The summed E-state index contributed by atoms with van der Waals surface area (Å²) in [5.41, 5.74) is -1.65. The molecule has 0 spiro atoms. The Hall–Kier alpha value is -2.25. The molecule has 0 aromatic heterocycles. The van der Waals surface area contributed by atoms with Gasteiger partial charge < -0.3 is 9.84 Å². The number of nitrogens with zero attached hydrogens (tertiary/aromatic N) is 1. The van der Waals surface area contributed by atoms with Crippen LogP contribution in [0.3, 0.4) is 0 Å². The summed E-state index contributed by atoms with van der Waals surface area (Å²) in [6, 6.07) is 4.56. The van der Waals surface area contributed by atoms with E-state index in [1.807, 2.05) is 0 Å². The number of rotatable bonds is 4. The maximum Gasteiger partial charge on any atom is 0.416 e. The number of carbonyl (C=O) groups excluding carboxylic acids is 1. The van der Waals surface area contributed by atoms with Gasteiger partial charge in [0.2, 0.25) is 0 Å². The molecule has 0 radical (unpaired) electrons. The average Bonchev–Trinajstić information content (AvgIpc) is 2.65. The third kappa shape index (κ3) is 3.32. The molecule has 1 aliphatic rings. The van der Waals surface area contributed by atoms with Gasteiger partial charge in [-0.1, -0.05) is 12.1 Å². The Morgan fingerprint density at radius 3 is 2.73 bits per heavy atom. The topological polar surface area (TPSA) is 66.8 Å². The van der Waals surface area contributed by atoms with Gasteiger partial charge in [-0.25, -0.2) is 4.79 Å². The van der Waals surface area contributed by atoms with Crippen LogP contribution in [0.25, 0.3) is 0 Å². The molecule has 1 aliphatic heterocycles. The molecule has 1 fully saturated rings. The van der Waals surface area contributed by atoms with Crippen molar-refractivity contribution < 1.29 is 32.6 Å². The van der Waals surface area contributed by atoms with E-state index in [1.165, 1.54) is 19.1 Å². The number of aliphatic carboxylic acids is 1. The van der Waals surface area contributed by atoms with Crippen molar-refractivity contribution in [2.75, 3.05) is 6.61 Å². The van der Waals surface area contributed by atoms with Crippen molar-refractivity contribution in [3.8, 4) is 0 Å². The van der Waals surface area contributed by atoms with E-state index in [2.05, 4.69) is 0 Å². The lowest BCUT2D eigenvalue weighted by Gasteiger charge is -2.30. The minimum atomic E-state index is -4.48. The number of amides is 1. The predicted octanol–water partition coefficient (Wildman–Crippen LogP) is 2.89. The van der Waals surface area contributed by atoms with Gasteiger partial charge in [-0.2, -0.15) is 13.2 Å². The lowest BCUT2D eigenvalue weighted by Crippen LogP contribution is -2.45. The molecular formula is C14H14F3NO4. The zero-order valence-corrected chi connectivity index (χ0v) is 11.7. The summed E-state index contributed by atoms with van der Waals surface area (Å²) >= 11 is 0. The first-order valence-electron chi connectivity index (χ1n) is 6.44. The SMILES string of the molecule is CC1(CC(=O)O)COC(=O)N1Cc1cccc(C(F)(F)F)c1. The lowest BCUT2D eigenvalue weighted by molar-refractivity contribution is -0.139. The van der Waals surface area contributed by atoms with Gasteiger partial charge in [-0.3, -0.25) is 9.69 Å². The summed E-state index contributed by atoms with van der Waals surface area (Å²) in [5, 5.41) is 8.92. The van der Waals surface area contributed by atoms with Crippen molar-refractivity contribution in [2.45, 2.75) is 31.6 Å². The van der Waals surface area contributed by atoms with E-state index >= 15 is 0 Å². The van der Waals surface area contributed by atoms with Crippen molar-refractivity contribution in [3.05, 3.63) is 35.4 Å². The van der Waals surface area contributed by atoms with E-state index < -0.39 is 29.3 Å². The molecule has 2 rings (SSSR count). The third-order valence-electron chi connectivity index (χ3n) is 3.51. The van der Waals surface area contributed by atoms with Crippen molar-refractivity contribution >= 4 is 12.1 Å². The van der Waals surface area contributed by atoms with Gasteiger partial charge in [-0.15, -0.1) is 0 Å². The number of carboxylic acids is 1. The number of hydrogen-bond donors (Lipinski definition) is 1. The molecule has 1 aromatic rings. The predicted molar refractivity (Wildman–Crippen MR) is 69.0 cm³/mol. The Balaban J connectivity index is 2.24. The fraction of sp³-hybridized carbons (Fsp3) is 0.429. The molecule has 1 aromatic carbocycles. The Morgan fingerprint density at radius 2 is 2.14 bits per heavy atom. The second-order valence-corrected chi connectivity index (χ2v) is 5.41. The van der Waals surface area contributed by atoms with Crippen molar-refractivity contribution in [2.24, 2.45) is 0 Å². The second-order valence-electron chi connectivity index (χ2n) is 5.41. The molecule has 120 valence electrons. The zero-order chi connectivity index (χ0) is 16.5. The minimum Gasteiger partial charge on any atom is -0.481 e. The standard InChI is InChI=1S/C14H14F3NO4/c1-13(6-11(19)20)8-22-12(21)18(13)7-9-3-2-4-10(5-9)14(15,16)17/h2-5H,6-8H2,1H3,(H,19,20). The quantitative estimate of drug-likeness (QED) is 0.927. The molecule has 22 heavy (non-hydrogen) atoms. The number of alkyl halides is 3. The van der Waals surface area contributed by atoms with Crippen LogP contribution in [-0.4, -0.2) is 34.2 Å². The van der Waals surface area contributed by atoms with Crippen molar-refractivity contribution in [1.29, 1.82) is 0 Å². The first kappa shape index (κ1) is 16.1. The molecule has 1 unspecified atom stereocenters. The van der Waals surface area contributed by atoms with Crippen LogP contribution in [0.2, 0.25) is 0 Å². The number of carbonyl (C=O) groups is 2. The summed E-state index contributed by atoms with van der Waals surface area (Å²) < 4.78 is 43.0. The van der Waals surface area contributed by atoms with Crippen molar-refractivity contribution in [1.82, 2.24) is 4.90 Å². The molecule has 5 nitrogen and oxygen atoms in total. The van der Waals surface area contributed by atoms with E-state index in [0.717, 1.165) is 17.0 Å². The summed E-state index contributed by atoms with van der Waals surface area (Å²) in [6.45, 7) is 1.27. The van der Waals surface area contributed by atoms with E-state index in [-0.39, 0.29) is 25.1 Å². The van der Waals surface area contributed by atoms with Crippen LogP contribution in [0.5, 0.6) is 0 Å². The van der Waals surface area contributed by atoms with Gasteiger partial charge in [-0.05, 0) is 24.6 Å². The molecule has 1 amide bonds. The van der Waals surface area contributed by atoms with Gasteiger partial charge in [0.1, 0.15) is 6.61 Å². The van der Waals surface area contributed by atoms with E-state index in [1.54, 1.807) is 0 Å². The summed E-state index contributed by atoms with van der Waals surface area (Å²) in [6.07, 6.45) is -5.56. The Labute approximate surface area is 124 Å². The number of ether oxygens (including phenoxy) is 1. The molecule has 1 atom stereocenters. The number of carboxylic acid groups (broad SMARTS) is 1. The van der Waals surface area contributed by atoms with Gasteiger partial charge in [0.25, 0.3) is 0 Å². The Kier molecular flexibility index (Phi) is 4.04. The lowest BCUT2D eigenvalue weighted by atomic mass is 9.97. The first-order valence-corrected chi connectivity index (χ1v) is 6.44. The third-order valence-corrected chi connectivity index (χ3v) is 3.51. The number of halogens is 3. The molecular weight excluding hydrogens is 303 g/mol. The second kappa shape index (κ2) is 5.51. The summed E-state index contributed by atoms with van der Waals surface area (Å²) in [7, 11) is 0. The monoisotopic (exact) mass is 317 g/mol. The number of benzene rings is 1. The average molecular weight is 317 g/mol. The molecule has 1 saturated heterocycles. The minimum absolute atomic E-state index is 0.114.